The van der Waals surface area contributed by atoms with Crippen LogP contribution in [0.2, 0.25) is 10.0 Å². The normalized spacial score (nSPS) is 15.7. The fourth-order valence-electron chi connectivity index (χ4n) is 3.93. The highest BCUT2D eigenvalue weighted by Gasteiger charge is 2.40. The van der Waals surface area contributed by atoms with Crippen molar-refractivity contribution in [3.05, 3.63) is 74.7 Å². The van der Waals surface area contributed by atoms with Gasteiger partial charge in [0.1, 0.15) is 0 Å². The number of hydrogen-bond donors (Lipinski definition) is 0. The van der Waals surface area contributed by atoms with Gasteiger partial charge in [0.15, 0.2) is 15.0 Å². The molecule has 4 rings (SSSR count). The van der Waals surface area contributed by atoms with Crippen molar-refractivity contribution in [3.8, 4) is 0 Å². The number of aromatic nitrogens is 1. The van der Waals surface area contributed by atoms with Crippen molar-refractivity contribution in [1.29, 1.82) is 0 Å². The van der Waals surface area contributed by atoms with E-state index >= 15 is 0 Å². The summed E-state index contributed by atoms with van der Waals surface area (Å²) in [5.74, 6) is 0. The molecule has 0 radical (unpaired) electrons. The van der Waals surface area contributed by atoms with Crippen LogP contribution in [0.5, 0.6) is 0 Å². The third kappa shape index (κ3) is 5.48. The number of halogens is 5. The van der Waals surface area contributed by atoms with Crippen LogP contribution in [-0.2, 0) is 22.4 Å². The van der Waals surface area contributed by atoms with Gasteiger partial charge in [-0.05, 0) is 48.7 Å². The number of sulfone groups is 1. The van der Waals surface area contributed by atoms with Crippen LogP contribution in [0.1, 0.15) is 29.7 Å². The molecule has 176 valence electrons. The molecule has 1 saturated heterocycles. The number of rotatable bonds is 5. The van der Waals surface area contributed by atoms with Crippen molar-refractivity contribution in [1.82, 2.24) is 4.98 Å². The lowest BCUT2D eigenvalue weighted by molar-refractivity contribution is -0.139. The summed E-state index contributed by atoms with van der Waals surface area (Å²) < 4.78 is 66.0. The van der Waals surface area contributed by atoms with Gasteiger partial charge in [-0.1, -0.05) is 35.3 Å². The molecule has 0 saturated carbocycles. The molecule has 0 bridgehead atoms. The van der Waals surface area contributed by atoms with Crippen LogP contribution in [0, 0.1) is 0 Å². The average Bonchev–Trinajstić information content (AvgIpc) is 3.21. The Morgan fingerprint density at radius 2 is 1.70 bits per heavy atom. The van der Waals surface area contributed by atoms with Crippen LogP contribution in [-0.4, -0.2) is 31.7 Å². The fourth-order valence-corrected chi connectivity index (χ4v) is 7.33. The van der Waals surface area contributed by atoms with Gasteiger partial charge in [-0.2, -0.15) is 13.2 Å². The van der Waals surface area contributed by atoms with E-state index in [9.17, 15) is 21.6 Å². The molecule has 0 unspecified atom stereocenters. The second-order valence-electron chi connectivity index (χ2n) is 7.80. The Balaban J connectivity index is 1.45. The van der Waals surface area contributed by atoms with Crippen molar-refractivity contribution in [2.45, 2.75) is 35.6 Å². The first kappa shape index (κ1) is 24.3. The molecule has 11 heteroatoms. The molecule has 2 heterocycles. The van der Waals surface area contributed by atoms with Gasteiger partial charge in [-0.15, -0.1) is 11.3 Å². The zero-order valence-electron chi connectivity index (χ0n) is 17.1. The lowest BCUT2D eigenvalue weighted by Gasteiger charge is -2.31. The largest absolute Gasteiger partial charge is 0.417 e. The van der Waals surface area contributed by atoms with Gasteiger partial charge in [-0.25, -0.2) is 13.4 Å². The highest BCUT2D eigenvalue weighted by atomic mass is 35.5. The molecule has 1 aliphatic rings. The maximum atomic E-state index is 13.3. The van der Waals surface area contributed by atoms with Crippen LogP contribution >= 0.6 is 34.5 Å². The smallest absolute Gasteiger partial charge is 0.348 e. The second-order valence-corrected chi connectivity index (χ2v) is 11.7. The minimum Gasteiger partial charge on any atom is -0.348 e. The maximum Gasteiger partial charge on any atom is 0.417 e. The van der Waals surface area contributed by atoms with E-state index in [1.165, 1.54) is 23.5 Å². The molecule has 4 nitrogen and oxygen atoms in total. The number of benzene rings is 2. The number of hydrogen-bond acceptors (Lipinski definition) is 5. The number of nitrogens with zero attached hydrogens (tertiary/aromatic N) is 2. The topological polar surface area (TPSA) is 50.3 Å². The Labute approximate surface area is 203 Å². The molecular formula is C22H19Cl2F3N2O2S2. The molecule has 1 aliphatic heterocycles. The first-order valence-corrected chi connectivity index (χ1v) is 13.3. The van der Waals surface area contributed by atoms with Gasteiger partial charge in [0.05, 0.1) is 21.4 Å². The first-order chi connectivity index (χ1) is 15.5. The minimum atomic E-state index is -4.73. The van der Waals surface area contributed by atoms with E-state index < -0.39 is 31.7 Å². The zero-order chi connectivity index (χ0) is 23.8. The number of anilines is 1. The van der Waals surface area contributed by atoms with Gasteiger partial charge < -0.3 is 4.90 Å². The Morgan fingerprint density at radius 3 is 2.33 bits per heavy atom. The molecule has 0 spiro atoms. The van der Waals surface area contributed by atoms with E-state index in [4.69, 9.17) is 23.2 Å². The summed E-state index contributed by atoms with van der Waals surface area (Å²) in [5, 5.41) is 2.90. The third-order valence-electron chi connectivity index (χ3n) is 5.50. The van der Waals surface area contributed by atoms with E-state index in [1.807, 2.05) is 22.4 Å². The fraction of sp³-hybridized carbons (Fsp3) is 0.318. The highest BCUT2D eigenvalue weighted by molar-refractivity contribution is 7.92. The van der Waals surface area contributed by atoms with Crippen molar-refractivity contribution in [3.63, 3.8) is 0 Å². The summed E-state index contributed by atoms with van der Waals surface area (Å²) in [5.41, 5.74) is 0.651. The van der Waals surface area contributed by atoms with Crippen LogP contribution in [0.25, 0.3) is 0 Å². The third-order valence-corrected chi connectivity index (χ3v) is 9.20. The molecule has 0 aliphatic carbocycles. The Bertz CT molecular complexity index is 1230. The van der Waals surface area contributed by atoms with Gasteiger partial charge in [0.25, 0.3) is 0 Å². The Hall–Kier alpha value is -1.81. The monoisotopic (exact) mass is 534 g/mol. The van der Waals surface area contributed by atoms with Crippen molar-refractivity contribution >= 4 is 49.5 Å². The molecule has 0 atom stereocenters. The molecule has 2 aromatic carbocycles. The van der Waals surface area contributed by atoms with Crippen LogP contribution in [0.15, 0.2) is 52.7 Å². The predicted molar refractivity (Wildman–Crippen MR) is 125 cm³/mol. The maximum absolute atomic E-state index is 13.3. The standard InChI is InChI=1S/C22H19Cl2F3N2O2S2/c23-15-9-14(10-16(24)12-15)11-17-13-32-21(28-17)29-7-5-18(6-8-29)33(30,31)20-4-2-1-3-19(20)22(25,26)27/h1-4,9-10,12-13,18H,5-8,11H2. The zero-order valence-corrected chi connectivity index (χ0v) is 20.3. The Morgan fingerprint density at radius 1 is 1.06 bits per heavy atom. The SMILES string of the molecule is O=S(=O)(c1ccccc1C(F)(F)F)C1CCN(c2nc(Cc3cc(Cl)cc(Cl)c3)cs2)CC1. The summed E-state index contributed by atoms with van der Waals surface area (Å²) >= 11 is 13.5. The predicted octanol–water partition coefficient (Wildman–Crippen LogP) is 6.50. The molecule has 0 amide bonds. The number of alkyl halides is 3. The number of thiazole rings is 1. The van der Waals surface area contributed by atoms with E-state index in [1.54, 1.807) is 6.07 Å². The second kappa shape index (κ2) is 9.44. The minimum absolute atomic E-state index is 0.230. The Kier molecular flexibility index (Phi) is 6.96. The van der Waals surface area contributed by atoms with Gasteiger partial charge in [0, 0.05) is 34.9 Å². The van der Waals surface area contributed by atoms with Gasteiger partial charge in [0.2, 0.25) is 0 Å². The lowest BCUT2D eigenvalue weighted by Crippen LogP contribution is -2.39. The summed E-state index contributed by atoms with van der Waals surface area (Å²) in [7, 11) is -4.11. The first-order valence-electron chi connectivity index (χ1n) is 10.1. The highest BCUT2D eigenvalue weighted by Crippen LogP contribution is 2.37. The van der Waals surface area contributed by atoms with Crippen LogP contribution in [0.3, 0.4) is 0 Å². The van der Waals surface area contributed by atoms with E-state index in [-0.39, 0.29) is 12.8 Å². The van der Waals surface area contributed by atoms with Gasteiger partial charge >= 0.3 is 6.18 Å². The molecule has 33 heavy (non-hydrogen) atoms. The van der Waals surface area contributed by atoms with Crippen molar-refractivity contribution in [2.75, 3.05) is 18.0 Å². The molecule has 1 fully saturated rings. The molecule has 3 aromatic rings. The van der Waals surface area contributed by atoms with E-state index in [2.05, 4.69) is 4.98 Å². The summed E-state index contributed by atoms with van der Waals surface area (Å²) in [6.07, 6.45) is -3.72. The molecule has 0 N–H and O–H groups in total. The van der Waals surface area contributed by atoms with Crippen molar-refractivity contribution < 1.29 is 21.6 Å². The summed E-state index contributed by atoms with van der Waals surface area (Å²) in [6.45, 7) is 0.794. The summed E-state index contributed by atoms with van der Waals surface area (Å²) in [6, 6.07) is 9.67. The van der Waals surface area contributed by atoms with Crippen LogP contribution < -0.4 is 4.90 Å². The van der Waals surface area contributed by atoms with Gasteiger partial charge in [-0.3, -0.25) is 0 Å². The summed E-state index contributed by atoms with van der Waals surface area (Å²) in [4.78, 5) is 5.97. The number of piperidine rings is 1. The average molecular weight is 535 g/mol. The van der Waals surface area contributed by atoms with E-state index in [0.717, 1.165) is 28.5 Å². The quantitative estimate of drug-likeness (QED) is 0.374. The van der Waals surface area contributed by atoms with E-state index in [0.29, 0.717) is 29.6 Å². The van der Waals surface area contributed by atoms with Crippen LogP contribution in [0.4, 0.5) is 18.3 Å². The molecule has 1 aromatic heterocycles. The van der Waals surface area contributed by atoms with Crippen molar-refractivity contribution in [2.24, 2.45) is 0 Å². The molecular weight excluding hydrogens is 516 g/mol. The lowest BCUT2D eigenvalue weighted by atomic mass is 10.1.